The average Bonchev–Trinajstić information content (AvgIpc) is 3.43. The zero-order valence-electron chi connectivity index (χ0n) is 18.0. The summed E-state index contributed by atoms with van der Waals surface area (Å²) in [4.78, 5) is 21.8. The first kappa shape index (κ1) is 20.6. The maximum absolute atomic E-state index is 14.0. The van der Waals surface area contributed by atoms with Crippen LogP contribution in [0.5, 0.6) is 0 Å². The molecular formula is C26H21FN4O2. The fourth-order valence-corrected chi connectivity index (χ4v) is 3.69. The Balaban J connectivity index is 1.35. The molecule has 5 rings (SSSR count). The molecule has 2 aromatic carbocycles. The molecule has 33 heavy (non-hydrogen) atoms. The van der Waals surface area contributed by atoms with Crippen molar-refractivity contribution in [3.05, 3.63) is 96.4 Å². The van der Waals surface area contributed by atoms with Gasteiger partial charge in [-0.15, -0.1) is 0 Å². The number of hydrogen-bond donors (Lipinski definition) is 1. The molecule has 3 heterocycles. The number of anilines is 1. The molecule has 0 bridgehead atoms. The van der Waals surface area contributed by atoms with Crippen molar-refractivity contribution in [2.45, 2.75) is 19.8 Å². The summed E-state index contributed by atoms with van der Waals surface area (Å²) >= 11 is 0. The molecule has 0 atom stereocenters. The summed E-state index contributed by atoms with van der Waals surface area (Å²) in [7, 11) is 0. The largest absolute Gasteiger partial charge is 0.441 e. The van der Waals surface area contributed by atoms with Crippen LogP contribution in [0.15, 0.2) is 83.5 Å². The van der Waals surface area contributed by atoms with Gasteiger partial charge in [0.25, 0.3) is 0 Å². The maximum Gasteiger partial charge on any atom is 0.226 e. The van der Waals surface area contributed by atoms with E-state index in [9.17, 15) is 9.18 Å². The van der Waals surface area contributed by atoms with Gasteiger partial charge < -0.3 is 9.73 Å². The van der Waals surface area contributed by atoms with Crippen molar-refractivity contribution in [3.8, 4) is 22.6 Å². The molecule has 1 amide bonds. The number of halogens is 1. The van der Waals surface area contributed by atoms with Gasteiger partial charge in [0, 0.05) is 24.6 Å². The molecular weight excluding hydrogens is 419 g/mol. The number of amides is 1. The summed E-state index contributed by atoms with van der Waals surface area (Å²) in [5.41, 5.74) is 3.80. The number of hydrogen-bond acceptors (Lipinski definition) is 4. The van der Waals surface area contributed by atoms with Gasteiger partial charge in [0.15, 0.2) is 11.7 Å². The Morgan fingerprint density at radius 2 is 1.88 bits per heavy atom. The van der Waals surface area contributed by atoms with Crippen LogP contribution in [0.1, 0.15) is 17.9 Å². The van der Waals surface area contributed by atoms with Gasteiger partial charge >= 0.3 is 0 Å². The highest BCUT2D eigenvalue weighted by molar-refractivity contribution is 5.94. The summed E-state index contributed by atoms with van der Waals surface area (Å²) in [5.74, 6) is 0.752. The van der Waals surface area contributed by atoms with Crippen LogP contribution < -0.4 is 5.32 Å². The molecule has 6 nitrogen and oxygen atoms in total. The number of carbonyl (C=O) groups excluding carboxylic acids is 1. The van der Waals surface area contributed by atoms with Crippen LogP contribution >= 0.6 is 0 Å². The van der Waals surface area contributed by atoms with Gasteiger partial charge in [-0.05, 0) is 36.8 Å². The van der Waals surface area contributed by atoms with Crippen LogP contribution in [0.25, 0.3) is 28.2 Å². The van der Waals surface area contributed by atoms with E-state index in [1.807, 2.05) is 60.0 Å². The minimum absolute atomic E-state index is 0.157. The van der Waals surface area contributed by atoms with Gasteiger partial charge in [-0.1, -0.05) is 42.5 Å². The quantitative estimate of drug-likeness (QED) is 0.369. The van der Waals surface area contributed by atoms with E-state index in [1.165, 1.54) is 12.3 Å². The molecule has 7 heteroatoms. The molecule has 164 valence electrons. The summed E-state index contributed by atoms with van der Waals surface area (Å²) in [6.07, 6.45) is 3.82. The predicted octanol–water partition coefficient (Wildman–Crippen LogP) is 5.68. The topological polar surface area (TPSA) is 72.4 Å². The highest BCUT2D eigenvalue weighted by Gasteiger charge is 2.17. The van der Waals surface area contributed by atoms with Gasteiger partial charge in [0.1, 0.15) is 23.0 Å². The van der Waals surface area contributed by atoms with Crippen molar-refractivity contribution in [1.82, 2.24) is 14.4 Å². The lowest BCUT2D eigenvalue weighted by Crippen LogP contribution is -2.14. The third kappa shape index (κ3) is 4.25. The Bertz CT molecular complexity index is 1440. The first-order valence-electron chi connectivity index (χ1n) is 10.6. The Kier molecular flexibility index (Phi) is 5.44. The average molecular weight is 440 g/mol. The summed E-state index contributed by atoms with van der Waals surface area (Å²) in [6.45, 7) is 2.00. The molecule has 0 aliphatic carbocycles. The number of benzene rings is 2. The minimum atomic E-state index is -0.380. The van der Waals surface area contributed by atoms with E-state index in [1.54, 1.807) is 18.2 Å². The molecule has 3 aromatic heterocycles. The monoisotopic (exact) mass is 440 g/mol. The van der Waals surface area contributed by atoms with Crippen molar-refractivity contribution in [1.29, 1.82) is 0 Å². The number of oxazole rings is 1. The molecule has 0 aliphatic rings. The van der Waals surface area contributed by atoms with Gasteiger partial charge in [0.05, 0.1) is 11.8 Å². The number of aromatic nitrogens is 3. The highest BCUT2D eigenvalue weighted by Crippen LogP contribution is 2.29. The highest BCUT2D eigenvalue weighted by atomic mass is 19.1. The number of nitrogens with zero attached hydrogens (tertiary/aromatic N) is 3. The molecule has 0 spiro atoms. The van der Waals surface area contributed by atoms with Gasteiger partial charge in [0.2, 0.25) is 5.91 Å². The Morgan fingerprint density at radius 3 is 2.70 bits per heavy atom. The zero-order chi connectivity index (χ0) is 22.8. The van der Waals surface area contributed by atoms with Crippen molar-refractivity contribution >= 4 is 17.4 Å². The maximum atomic E-state index is 14.0. The molecule has 0 aliphatic heterocycles. The Labute approximate surface area is 189 Å². The second kappa shape index (κ2) is 8.70. The van der Waals surface area contributed by atoms with Crippen LogP contribution in [0.4, 0.5) is 10.2 Å². The van der Waals surface area contributed by atoms with Crippen molar-refractivity contribution < 1.29 is 13.6 Å². The van der Waals surface area contributed by atoms with Crippen molar-refractivity contribution in [2.75, 3.05) is 5.32 Å². The number of rotatable bonds is 6. The lowest BCUT2D eigenvalue weighted by atomic mass is 10.1. The van der Waals surface area contributed by atoms with E-state index in [0.29, 0.717) is 28.7 Å². The third-order valence-corrected chi connectivity index (χ3v) is 5.35. The summed E-state index contributed by atoms with van der Waals surface area (Å²) in [6, 6.07) is 20.0. The molecule has 1 N–H and O–H groups in total. The number of fused-ring (bicyclic) bond motifs is 1. The predicted molar refractivity (Wildman–Crippen MR) is 124 cm³/mol. The molecule has 0 saturated carbocycles. The first-order valence-corrected chi connectivity index (χ1v) is 10.6. The fourth-order valence-electron chi connectivity index (χ4n) is 3.69. The lowest BCUT2D eigenvalue weighted by Gasteiger charge is -2.07. The first-order chi connectivity index (χ1) is 16.1. The fraction of sp³-hybridized carbons (Fsp3) is 0.115. The second-order valence-electron chi connectivity index (χ2n) is 7.75. The van der Waals surface area contributed by atoms with Crippen LogP contribution in [-0.4, -0.2) is 20.3 Å². The molecule has 0 radical (unpaired) electrons. The number of carbonyl (C=O) groups is 1. The van der Waals surface area contributed by atoms with Gasteiger partial charge in [-0.25, -0.2) is 14.4 Å². The standard InChI is InChI=1S/C26H21FN4O2/c1-17-13-14-31-22(15-17)29-25(18-7-3-2-4-8-18)26(31)30-23(32)11-12-24-28-16-21(33-24)19-9-5-6-10-20(19)27/h2-10,13-16H,11-12H2,1H3,(H,30,32). The van der Waals surface area contributed by atoms with E-state index in [0.717, 1.165) is 16.8 Å². The van der Waals surface area contributed by atoms with Crippen molar-refractivity contribution in [2.24, 2.45) is 0 Å². The van der Waals surface area contributed by atoms with Crippen LogP contribution in [0.2, 0.25) is 0 Å². The van der Waals surface area contributed by atoms with E-state index in [-0.39, 0.29) is 24.6 Å². The zero-order valence-corrected chi connectivity index (χ0v) is 18.0. The number of nitrogens with one attached hydrogen (secondary N) is 1. The van der Waals surface area contributed by atoms with E-state index in [2.05, 4.69) is 10.3 Å². The van der Waals surface area contributed by atoms with E-state index >= 15 is 0 Å². The molecule has 0 saturated heterocycles. The van der Waals surface area contributed by atoms with Crippen LogP contribution in [0.3, 0.4) is 0 Å². The molecule has 5 aromatic rings. The Morgan fingerprint density at radius 1 is 1.09 bits per heavy atom. The van der Waals surface area contributed by atoms with Gasteiger partial charge in [-0.3, -0.25) is 9.20 Å². The third-order valence-electron chi connectivity index (χ3n) is 5.35. The van der Waals surface area contributed by atoms with E-state index < -0.39 is 0 Å². The molecule has 0 fully saturated rings. The SMILES string of the molecule is Cc1ccn2c(NC(=O)CCc3ncc(-c4ccccc4F)o3)c(-c3ccccc3)nc2c1. The lowest BCUT2D eigenvalue weighted by molar-refractivity contribution is -0.116. The summed E-state index contributed by atoms with van der Waals surface area (Å²) < 4.78 is 21.5. The minimum Gasteiger partial charge on any atom is -0.441 e. The van der Waals surface area contributed by atoms with Gasteiger partial charge in [-0.2, -0.15) is 0 Å². The Hall–Kier alpha value is -4.26. The van der Waals surface area contributed by atoms with Crippen LogP contribution in [0, 0.1) is 12.7 Å². The second-order valence-corrected chi connectivity index (χ2v) is 7.75. The number of aryl methyl sites for hydroxylation is 2. The van der Waals surface area contributed by atoms with Crippen molar-refractivity contribution in [3.63, 3.8) is 0 Å². The van der Waals surface area contributed by atoms with Crippen LogP contribution in [-0.2, 0) is 11.2 Å². The van der Waals surface area contributed by atoms with E-state index in [4.69, 9.17) is 9.40 Å². The number of pyridine rings is 1. The summed E-state index contributed by atoms with van der Waals surface area (Å²) in [5, 5.41) is 3.00. The normalized spacial score (nSPS) is 11.1. The number of imidazole rings is 1. The molecule has 0 unspecified atom stereocenters. The smallest absolute Gasteiger partial charge is 0.226 e.